The van der Waals surface area contributed by atoms with Crippen LogP contribution in [0.2, 0.25) is 0 Å². The number of benzene rings is 1. The summed E-state index contributed by atoms with van der Waals surface area (Å²) in [5, 5.41) is 7.13. The van der Waals surface area contributed by atoms with E-state index in [1.807, 2.05) is 43.3 Å². The van der Waals surface area contributed by atoms with Crippen LogP contribution in [0.1, 0.15) is 47.0 Å². The molecule has 0 saturated heterocycles. The van der Waals surface area contributed by atoms with Gasteiger partial charge in [0.15, 0.2) is 5.82 Å². The second kappa shape index (κ2) is 6.88. The third kappa shape index (κ3) is 3.39. The number of aromatic nitrogens is 3. The summed E-state index contributed by atoms with van der Waals surface area (Å²) in [6.45, 7) is 3.60. The zero-order valence-corrected chi connectivity index (χ0v) is 16.7. The number of carbonyl (C=O) groups excluding carboxylic acids is 1. The zero-order chi connectivity index (χ0) is 19.0. The van der Waals surface area contributed by atoms with E-state index >= 15 is 0 Å². The van der Waals surface area contributed by atoms with Gasteiger partial charge in [0.1, 0.15) is 5.54 Å². The Labute approximate surface area is 165 Å². The molecule has 1 saturated carbocycles. The van der Waals surface area contributed by atoms with Gasteiger partial charge in [0.2, 0.25) is 5.89 Å². The van der Waals surface area contributed by atoms with Crippen LogP contribution >= 0.6 is 15.9 Å². The lowest BCUT2D eigenvalue weighted by molar-refractivity contribution is 0.0804. The molecule has 0 unspecified atom stereocenters. The summed E-state index contributed by atoms with van der Waals surface area (Å²) in [6, 6.07) is 11.6. The highest BCUT2D eigenvalue weighted by Gasteiger charge is 2.44. The number of amides is 1. The number of nitrogens with zero attached hydrogens (tertiary/aromatic N) is 3. The molecule has 0 radical (unpaired) electrons. The maximum atomic E-state index is 12.9. The van der Waals surface area contributed by atoms with Crippen molar-refractivity contribution < 1.29 is 9.32 Å². The van der Waals surface area contributed by atoms with Gasteiger partial charge in [-0.25, -0.2) is 0 Å². The number of aryl methyl sites for hydroxylation is 2. The Morgan fingerprint density at radius 1 is 1.19 bits per heavy atom. The molecule has 0 aliphatic heterocycles. The number of hydrogen-bond acceptors (Lipinski definition) is 5. The third-order valence-corrected chi connectivity index (χ3v) is 5.46. The summed E-state index contributed by atoms with van der Waals surface area (Å²) in [7, 11) is 0. The topological polar surface area (TPSA) is 80.9 Å². The smallest absolute Gasteiger partial charge is 0.253 e. The minimum Gasteiger partial charge on any atom is -0.340 e. The Hall–Kier alpha value is -2.54. The van der Waals surface area contributed by atoms with E-state index in [-0.39, 0.29) is 5.91 Å². The maximum absolute atomic E-state index is 12.9. The average Bonchev–Trinajstić information content (AvgIpc) is 3.04. The Morgan fingerprint density at radius 3 is 2.59 bits per heavy atom. The lowest BCUT2D eigenvalue weighted by atomic mass is 9.76. The largest absolute Gasteiger partial charge is 0.340 e. The molecule has 27 heavy (non-hydrogen) atoms. The van der Waals surface area contributed by atoms with Gasteiger partial charge >= 0.3 is 0 Å². The normalized spacial score (nSPS) is 15.2. The molecule has 2 aromatic heterocycles. The predicted molar refractivity (Wildman–Crippen MR) is 104 cm³/mol. The first kappa shape index (κ1) is 17.9. The molecule has 1 aliphatic rings. The summed E-state index contributed by atoms with van der Waals surface area (Å²) in [5.41, 5.74) is 2.53. The second-order valence-electron chi connectivity index (χ2n) is 6.87. The number of rotatable bonds is 4. The average molecular weight is 427 g/mol. The van der Waals surface area contributed by atoms with Crippen molar-refractivity contribution in [3.63, 3.8) is 0 Å². The van der Waals surface area contributed by atoms with Gasteiger partial charge in [-0.05, 0) is 50.5 Å². The summed E-state index contributed by atoms with van der Waals surface area (Å²) < 4.78 is 6.09. The molecule has 1 aromatic carbocycles. The first-order valence-corrected chi connectivity index (χ1v) is 9.63. The highest BCUT2D eigenvalue weighted by molar-refractivity contribution is 9.10. The molecule has 1 fully saturated rings. The van der Waals surface area contributed by atoms with Crippen molar-refractivity contribution in [3.05, 3.63) is 63.8 Å². The van der Waals surface area contributed by atoms with Crippen LogP contribution in [0.4, 0.5) is 0 Å². The van der Waals surface area contributed by atoms with E-state index in [4.69, 9.17) is 4.52 Å². The fourth-order valence-corrected chi connectivity index (χ4v) is 3.72. The van der Waals surface area contributed by atoms with Gasteiger partial charge in [-0.15, -0.1) is 0 Å². The van der Waals surface area contributed by atoms with Crippen molar-refractivity contribution in [2.75, 3.05) is 0 Å². The fraction of sp³-hybridized carbons (Fsp3) is 0.300. The highest BCUT2D eigenvalue weighted by atomic mass is 79.9. The highest BCUT2D eigenvalue weighted by Crippen LogP contribution is 2.40. The molecule has 0 atom stereocenters. The number of carbonyl (C=O) groups is 1. The number of halogens is 1. The fourth-order valence-electron chi connectivity index (χ4n) is 3.32. The molecule has 4 rings (SSSR count). The number of hydrogen-bond donors (Lipinski definition) is 1. The summed E-state index contributed by atoms with van der Waals surface area (Å²) in [4.78, 5) is 21.9. The van der Waals surface area contributed by atoms with Crippen LogP contribution in [0.15, 0.2) is 45.4 Å². The van der Waals surface area contributed by atoms with Crippen molar-refractivity contribution in [2.45, 2.75) is 38.6 Å². The van der Waals surface area contributed by atoms with E-state index in [1.165, 1.54) is 0 Å². The van der Waals surface area contributed by atoms with E-state index in [9.17, 15) is 4.79 Å². The van der Waals surface area contributed by atoms with Gasteiger partial charge < -0.3 is 9.84 Å². The Bertz CT molecular complexity index is 1010. The maximum Gasteiger partial charge on any atom is 0.253 e. The van der Waals surface area contributed by atoms with Gasteiger partial charge in [0.05, 0.1) is 17.0 Å². The molecule has 7 heteroatoms. The second-order valence-corrected chi connectivity index (χ2v) is 7.78. The zero-order valence-electron chi connectivity index (χ0n) is 15.1. The minimum atomic E-state index is -0.537. The van der Waals surface area contributed by atoms with Crippen LogP contribution in [-0.4, -0.2) is 21.0 Å². The van der Waals surface area contributed by atoms with Crippen molar-refractivity contribution >= 4 is 21.8 Å². The van der Waals surface area contributed by atoms with E-state index in [0.717, 1.165) is 35.0 Å². The Kier molecular flexibility index (Phi) is 4.55. The standard InChI is InChI=1S/C20H19BrN4O2/c1-12-16(7-8-17(22-12)14-5-3-6-15(21)11-14)18(26)24-20(9-4-10-20)19-23-13(2)27-25-19/h3,5-8,11H,4,9-10H2,1-2H3,(H,24,26). The van der Waals surface area contributed by atoms with Crippen LogP contribution in [0, 0.1) is 13.8 Å². The van der Waals surface area contributed by atoms with Crippen LogP contribution in [0.25, 0.3) is 11.3 Å². The van der Waals surface area contributed by atoms with E-state index in [0.29, 0.717) is 23.0 Å². The van der Waals surface area contributed by atoms with Gasteiger partial charge in [0, 0.05) is 17.0 Å². The molecule has 1 N–H and O–H groups in total. The molecule has 3 aromatic rings. The molecular weight excluding hydrogens is 408 g/mol. The van der Waals surface area contributed by atoms with Gasteiger partial charge in [-0.1, -0.05) is 33.2 Å². The Balaban J connectivity index is 1.59. The minimum absolute atomic E-state index is 0.164. The molecule has 1 aliphatic carbocycles. The third-order valence-electron chi connectivity index (χ3n) is 4.97. The van der Waals surface area contributed by atoms with Crippen LogP contribution in [-0.2, 0) is 5.54 Å². The molecule has 0 bridgehead atoms. The lowest BCUT2D eigenvalue weighted by Crippen LogP contribution is -2.51. The summed E-state index contributed by atoms with van der Waals surface area (Å²) in [6.07, 6.45) is 2.63. The van der Waals surface area contributed by atoms with E-state index < -0.39 is 5.54 Å². The van der Waals surface area contributed by atoms with Gasteiger partial charge in [-0.3, -0.25) is 9.78 Å². The van der Waals surface area contributed by atoms with Crippen LogP contribution in [0.5, 0.6) is 0 Å². The molecule has 0 spiro atoms. The van der Waals surface area contributed by atoms with E-state index in [1.54, 1.807) is 6.92 Å². The van der Waals surface area contributed by atoms with Crippen LogP contribution < -0.4 is 5.32 Å². The SMILES string of the molecule is Cc1nc(C2(NC(=O)c3ccc(-c4cccc(Br)c4)nc3C)CCC2)no1. The quantitative estimate of drug-likeness (QED) is 0.671. The lowest BCUT2D eigenvalue weighted by Gasteiger charge is -2.39. The molecule has 2 heterocycles. The van der Waals surface area contributed by atoms with Crippen LogP contribution in [0.3, 0.4) is 0 Å². The van der Waals surface area contributed by atoms with Crippen molar-refractivity contribution in [1.29, 1.82) is 0 Å². The summed E-state index contributed by atoms with van der Waals surface area (Å²) in [5.74, 6) is 0.889. The molecule has 6 nitrogen and oxygen atoms in total. The number of pyridine rings is 1. The molecule has 138 valence electrons. The Morgan fingerprint density at radius 2 is 2.00 bits per heavy atom. The van der Waals surface area contributed by atoms with E-state index in [2.05, 4.69) is 36.4 Å². The predicted octanol–water partition coefficient (Wildman–Crippen LogP) is 4.32. The summed E-state index contributed by atoms with van der Waals surface area (Å²) >= 11 is 3.48. The monoisotopic (exact) mass is 426 g/mol. The first-order chi connectivity index (χ1) is 13.0. The molecular formula is C20H19BrN4O2. The first-order valence-electron chi connectivity index (χ1n) is 8.84. The van der Waals surface area contributed by atoms with Gasteiger partial charge in [0.25, 0.3) is 5.91 Å². The van der Waals surface area contributed by atoms with Crippen molar-refractivity contribution in [1.82, 2.24) is 20.4 Å². The molecule has 1 amide bonds. The van der Waals surface area contributed by atoms with Gasteiger partial charge in [-0.2, -0.15) is 4.98 Å². The van der Waals surface area contributed by atoms with Crippen molar-refractivity contribution in [3.8, 4) is 11.3 Å². The van der Waals surface area contributed by atoms with Crippen molar-refractivity contribution in [2.24, 2.45) is 0 Å². The number of nitrogens with one attached hydrogen (secondary N) is 1.